The molecule has 0 aromatic carbocycles. The molecule has 1 aliphatic carbocycles. The van der Waals surface area contributed by atoms with Gasteiger partial charge < -0.3 is 11.1 Å². The molecular weight excluding hydrogens is 298 g/mol. The van der Waals surface area contributed by atoms with E-state index in [2.05, 4.69) is 10.2 Å². The zero-order valence-corrected chi connectivity index (χ0v) is 13.5. The maximum Gasteiger partial charge on any atom is 0.251 e. The molecule has 1 aliphatic heterocycles. The van der Waals surface area contributed by atoms with E-state index in [-0.39, 0.29) is 5.91 Å². The van der Waals surface area contributed by atoms with Crippen LogP contribution in [0.25, 0.3) is 0 Å². The number of fused-ring (bicyclic) bond motifs is 1. The van der Waals surface area contributed by atoms with Crippen molar-refractivity contribution in [3.8, 4) is 0 Å². The number of thiophene rings is 1. The molecule has 5 nitrogen and oxygen atoms in total. The third-order valence-electron chi connectivity index (χ3n) is 4.89. The summed E-state index contributed by atoms with van der Waals surface area (Å²) in [5.74, 6) is 0.219. The average molecular weight is 321 g/mol. The molecule has 0 bridgehead atoms. The Morgan fingerprint density at radius 3 is 2.86 bits per heavy atom. The molecule has 2 atom stereocenters. The third-order valence-corrected chi connectivity index (χ3v) is 5.72. The van der Waals surface area contributed by atoms with Crippen molar-refractivity contribution in [2.75, 3.05) is 18.4 Å². The van der Waals surface area contributed by atoms with Crippen LogP contribution in [-0.2, 0) is 4.79 Å². The first kappa shape index (κ1) is 15.5. The molecule has 1 saturated heterocycles. The smallest absolute Gasteiger partial charge is 0.251 e. The molecular formula is C16H23N3O2S. The molecule has 2 aliphatic rings. The number of rotatable bonds is 4. The van der Waals surface area contributed by atoms with E-state index in [1.54, 1.807) is 11.4 Å². The fourth-order valence-electron chi connectivity index (χ4n) is 3.87. The molecule has 22 heavy (non-hydrogen) atoms. The van der Waals surface area contributed by atoms with Crippen molar-refractivity contribution >= 4 is 28.2 Å². The molecule has 6 heteroatoms. The number of amides is 2. The number of primary amides is 1. The number of nitrogens with zero attached hydrogens (tertiary/aromatic N) is 1. The number of nitrogens with one attached hydrogen (secondary N) is 1. The lowest BCUT2D eigenvalue weighted by molar-refractivity contribution is -0.118. The van der Waals surface area contributed by atoms with Gasteiger partial charge in [0.2, 0.25) is 5.91 Å². The van der Waals surface area contributed by atoms with Gasteiger partial charge in [-0.05, 0) is 49.6 Å². The van der Waals surface area contributed by atoms with Gasteiger partial charge in [0.25, 0.3) is 5.91 Å². The molecule has 1 saturated carbocycles. The van der Waals surface area contributed by atoms with E-state index in [0.717, 1.165) is 12.5 Å². The Labute approximate surface area is 134 Å². The normalized spacial score (nSPS) is 25.5. The first-order chi connectivity index (χ1) is 10.6. The molecule has 0 unspecified atom stereocenters. The lowest BCUT2D eigenvalue weighted by Crippen LogP contribution is -2.49. The Morgan fingerprint density at radius 1 is 1.27 bits per heavy atom. The summed E-state index contributed by atoms with van der Waals surface area (Å²) in [7, 11) is 0. The van der Waals surface area contributed by atoms with Gasteiger partial charge in [0.05, 0.1) is 12.1 Å². The van der Waals surface area contributed by atoms with Crippen LogP contribution in [0.4, 0.5) is 5.00 Å². The number of hydrogen-bond acceptors (Lipinski definition) is 4. The van der Waals surface area contributed by atoms with Gasteiger partial charge in [0.15, 0.2) is 0 Å². The molecule has 2 heterocycles. The molecule has 3 N–H and O–H groups in total. The molecule has 2 fully saturated rings. The van der Waals surface area contributed by atoms with Crippen molar-refractivity contribution in [2.24, 2.45) is 11.7 Å². The maximum absolute atomic E-state index is 12.3. The molecule has 3 rings (SSSR count). The highest BCUT2D eigenvalue weighted by molar-refractivity contribution is 7.14. The number of likely N-dealkylation sites (tertiary alicyclic amines) is 1. The van der Waals surface area contributed by atoms with E-state index in [1.807, 2.05) is 0 Å². The van der Waals surface area contributed by atoms with Crippen LogP contribution >= 0.6 is 11.3 Å². The van der Waals surface area contributed by atoms with E-state index in [9.17, 15) is 9.59 Å². The number of anilines is 1. The van der Waals surface area contributed by atoms with Gasteiger partial charge in [0.1, 0.15) is 5.00 Å². The Kier molecular flexibility index (Phi) is 4.78. The minimum Gasteiger partial charge on any atom is -0.366 e. The first-order valence-corrected chi connectivity index (χ1v) is 8.94. The number of carbonyl (C=O) groups is 2. The molecule has 2 amide bonds. The summed E-state index contributed by atoms with van der Waals surface area (Å²) in [6.07, 6.45) is 7.61. The second-order valence-corrected chi connectivity index (χ2v) is 7.22. The quantitative estimate of drug-likeness (QED) is 0.894. The zero-order chi connectivity index (χ0) is 15.5. The standard InChI is InChI=1S/C16H23N3O2S/c17-15(21)12-7-9-22-16(12)18-14(20)10-19-8-3-5-11-4-1-2-6-13(11)19/h7,9,11,13H,1-6,8,10H2,(H2,17,21)(H,18,20)/t11-,13-/m1/s1. The topological polar surface area (TPSA) is 75.4 Å². The fraction of sp³-hybridized carbons (Fsp3) is 0.625. The zero-order valence-electron chi connectivity index (χ0n) is 12.7. The highest BCUT2D eigenvalue weighted by Crippen LogP contribution is 2.35. The molecule has 120 valence electrons. The first-order valence-electron chi connectivity index (χ1n) is 8.06. The Bertz CT molecular complexity index is 555. The van der Waals surface area contributed by atoms with Gasteiger partial charge in [-0.1, -0.05) is 12.8 Å². The SMILES string of the molecule is NC(=O)c1ccsc1NC(=O)CN1CCC[C@H]2CCCC[C@H]21. The molecule has 1 aromatic rings. The van der Waals surface area contributed by atoms with Gasteiger partial charge in [-0.3, -0.25) is 14.5 Å². The largest absolute Gasteiger partial charge is 0.366 e. The second-order valence-electron chi connectivity index (χ2n) is 6.30. The van der Waals surface area contributed by atoms with Crippen LogP contribution in [0.1, 0.15) is 48.9 Å². The summed E-state index contributed by atoms with van der Waals surface area (Å²) < 4.78 is 0. The summed E-state index contributed by atoms with van der Waals surface area (Å²) in [5, 5.41) is 5.19. The van der Waals surface area contributed by atoms with Crippen LogP contribution in [0.15, 0.2) is 11.4 Å². The number of piperidine rings is 1. The van der Waals surface area contributed by atoms with Gasteiger partial charge >= 0.3 is 0 Å². The van der Waals surface area contributed by atoms with Crippen molar-refractivity contribution in [1.82, 2.24) is 4.90 Å². The Morgan fingerprint density at radius 2 is 2.05 bits per heavy atom. The van der Waals surface area contributed by atoms with Gasteiger partial charge in [0, 0.05) is 6.04 Å². The van der Waals surface area contributed by atoms with Crippen molar-refractivity contribution in [2.45, 2.75) is 44.6 Å². The van der Waals surface area contributed by atoms with E-state index >= 15 is 0 Å². The highest BCUT2D eigenvalue weighted by atomic mass is 32.1. The monoisotopic (exact) mass is 321 g/mol. The van der Waals surface area contributed by atoms with Crippen LogP contribution in [0.3, 0.4) is 0 Å². The molecule has 0 radical (unpaired) electrons. The average Bonchev–Trinajstić information content (AvgIpc) is 2.96. The highest BCUT2D eigenvalue weighted by Gasteiger charge is 2.33. The van der Waals surface area contributed by atoms with Gasteiger partial charge in [-0.15, -0.1) is 11.3 Å². The minimum absolute atomic E-state index is 0.0452. The van der Waals surface area contributed by atoms with Crippen LogP contribution in [0.5, 0.6) is 0 Å². The summed E-state index contributed by atoms with van der Waals surface area (Å²) in [6, 6.07) is 2.22. The summed E-state index contributed by atoms with van der Waals surface area (Å²) in [6.45, 7) is 1.42. The molecule has 0 spiro atoms. The number of hydrogen-bond donors (Lipinski definition) is 2. The second kappa shape index (κ2) is 6.79. The van der Waals surface area contributed by atoms with Gasteiger partial charge in [-0.2, -0.15) is 0 Å². The van der Waals surface area contributed by atoms with E-state index in [1.165, 1.54) is 49.9 Å². The summed E-state index contributed by atoms with van der Waals surface area (Å²) in [4.78, 5) is 26.0. The van der Waals surface area contributed by atoms with Crippen LogP contribution < -0.4 is 11.1 Å². The number of nitrogens with two attached hydrogens (primary N) is 1. The van der Waals surface area contributed by atoms with E-state index < -0.39 is 5.91 Å². The molecule has 1 aromatic heterocycles. The summed E-state index contributed by atoms with van der Waals surface area (Å²) in [5.41, 5.74) is 5.71. The Balaban J connectivity index is 1.61. The van der Waals surface area contributed by atoms with Crippen molar-refractivity contribution < 1.29 is 9.59 Å². The van der Waals surface area contributed by atoms with E-state index in [0.29, 0.717) is 23.2 Å². The van der Waals surface area contributed by atoms with Crippen LogP contribution in [0.2, 0.25) is 0 Å². The fourth-order valence-corrected chi connectivity index (χ4v) is 4.68. The van der Waals surface area contributed by atoms with Crippen molar-refractivity contribution in [3.63, 3.8) is 0 Å². The third kappa shape index (κ3) is 3.33. The maximum atomic E-state index is 12.3. The van der Waals surface area contributed by atoms with Crippen LogP contribution in [-0.4, -0.2) is 35.8 Å². The minimum atomic E-state index is -0.498. The lowest BCUT2D eigenvalue weighted by Gasteiger charge is -2.43. The lowest BCUT2D eigenvalue weighted by atomic mass is 9.78. The Hall–Kier alpha value is -1.40. The van der Waals surface area contributed by atoms with E-state index in [4.69, 9.17) is 5.73 Å². The van der Waals surface area contributed by atoms with Gasteiger partial charge in [-0.25, -0.2) is 0 Å². The van der Waals surface area contributed by atoms with Crippen LogP contribution in [0, 0.1) is 5.92 Å². The predicted molar refractivity (Wildman–Crippen MR) is 88.0 cm³/mol. The van der Waals surface area contributed by atoms with Crippen molar-refractivity contribution in [1.29, 1.82) is 0 Å². The summed E-state index contributed by atoms with van der Waals surface area (Å²) >= 11 is 1.34. The van der Waals surface area contributed by atoms with Crippen molar-refractivity contribution in [3.05, 3.63) is 17.0 Å². The number of carbonyl (C=O) groups excluding carboxylic acids is 2. The predicted octanol–water partition coefficient (Wildman–Crippen LogP) is 2.44.